The quantitative estimate of drug-likeness (QED) is 0.758. The SMILES string of the molecule is CCNc1nc(Cc2cccc(Cl)c2)nc(CC)c1I. The van der Waals surface area contributed by atoms with Gasteiger partial charge in [-0.2, -0.15) is 0 Å². The highest BCUT2D eigenvalue weighted by Crippen LogP contribution is 2.21. The van der Waals surface area contributed by atoms with Crippen molar-refractivity contribution in [3.8, 4) is 0 Å². The van der Waals surface area contributed by atoms with Crippen molar-refractivity contribution in [3.63, 3.8) is 0 Å². The van der Waals surface area contributed by atoms with Crippen molar-refractivity contribution in [3.05, 3.63) is 49.9 Å². The Morgan fingerprint density at radius 1 is 1.25 bits per heavy atom. The molecule has 0 fully saturated rings. The van der Waals surface area contributed by atoms with E-state index in [-0.39, 0.29) is 0 Å². The Morgan fingerprint density at radius 3 is 2.70 bits per heavy atom. The van der Waals surface area contributed by atoms with Crippen LogP contribution in [-0.4, -0.2) is 16.5 Å². The summed E-state index contributed by atoms with van der Waals surface area (Å²) in [5.74, 6) is 1.76. The molecule has 0 aliphatic rings. The Labute approximate surface area is 138 Å². The van der Waals surface area contributed by atoms with Gasteiger partial charge in [0, 0.05) is 18.0 Å². The number of hydrogen-bond donors (Lipinski definition) is 1. The van der Waals surface area contributed by atoms with Gasteiger partial charge in [-0.15, -0.1) is 0 Å². The standard InChI is InChI=1S/C15H17ClIN3/c1-3-12-14(17)15(18-4-2)20-13(19-12)9-10-6-5-7-11(16)8-10/h5-8H,3-4,9H2,1-2H3,(H,18,19,20). The van der Waals surface area contributed by atoms with Gasteiger partial charge in [0.05, 0.1) is 9.26 Å². The molecule has 3 nitrogen and oxygen atoms in total. The smallest absolute Gasteiger partial charge is 0.143 e. The van der Waals surface area contributed by atoms with Crippen LogP contribution in [0.5, 0.6) is 0 Å². The summed E-state index contributed by atoms with van der Waals surface area (Å²) in [6.07, 6.45) is 1.60. The molecule has 5 heteroatoms. The van der Waals surface area contributed by atoms with Crippen LogP contribution >= 0.6 is 34.2 Å². The molecule has 20 heavy (non-hydrogen) atoms. The predicted octanol–water partition coefficient (Wildman–Crippen LogP) is 4.32. The fraction of sp³-hybridized carbons (Fsp3) is 0.333. The molecule has 1 heterocycles. The second kappa shape index (κ2) is 7.22. The van der Waals surface area contributed by atoms with Crippen LogP contribution in [0, 0.1) is 3.57 Å². The second-order valence-corrected chi connectivity index (χ2v) is 5.95. The van der Waals surface area contributed by atoms with Crippen molar-refractivity contribution in [2.75, 3.05) is 11.9 Å². The number of aryl methyl sites for hydroxylation is 1. The predicted molar refractivity (Wildman–Crippen MR) is 92.5 cm³/mol. The minimum Gasteiger partial charge on any atom is -0.369 e. The maximum Gasteiger partial charge on any atom is 0.143 e. The lowest BCUT2D eigenvalue weighted by atomic mass is 10.1. The van der Waals surface area contributed by atoms with E-state index >= 15 is 0 Å². The second-order valence-electron chi connectivity index (χ2n) is 4.44. The first-order valence-electron chi connectivity index (χ1n) is 6.67. The summed E-state index contributed by atoms with van der Waals surface area (Å²) in [7, 11) is 0. The number of benzene rings is 1. The maximum atomic E-state index is 6.02. The highest BCUT2D eigenvalue weighted by atomic mass is 127. The lowest BCUT2D eigenvalue weighted by Crippen LogP contribution is -2.09. The summed E-state index contributed by atoms with van der Waals surface area (Å²) < 4.78 is 1.11. The Bertz CT molecular complexity index is 602. The van der Waals surface area contributed by atoms with Gasteiger partial charge in [0.15, 0.2) is 0 Å². The third-order valence-electron chi connectivity index (χ3n) is 2.90. The first kappa shape index (κ1) is 15.5. The molecule has 0 radical (unpaired) electrons. The van der Waals surface area contributed by atoms with Gasteiger partial charge < -0.3 is 5.32 Å². The minimum absolute atomic E-state index is 0.697. The first-order valence-corrected chi connectivity index (χ1v) is 8.13. The topological polar surface area (TPSA) is 37.8 Å². The van der Waals surface area contributed by atoms with Crippen LogP contribution in [0.3, 0.4) is 0 Å². The highest BCUT2D eigenvalue weighted by Gasteiger charge is 2.11. The zero-order valence-corrected chi connectivity index (χ0v) is 14.5. The summed E-state index contributed by atoms with van der Waals surface area (Å²) in [6, 6.07) is 7.84. The lowest BCUT2D eigenvalue weighted by molar-refractivity contribution is 0.893. The molecule has 0 atom stereocenters. The van der Waals surface area contributed by atoms with E-state index in [1.165, 1.54) is 0 Å². The molecule has 1 aromatic heterocycles. The van der Waals surface area contributed by atoms with E-state index in [0.29, 0.717) is 6.42 Å². The zero-order valence-electron chi connectivity index (χ0n) is 11.6. The molecular weight excluding hydrogens is 385 g/mol. The fourth-order valence-corrected chi connectivity index (χ4v) is 3.00. The molecule has 2 aromatic rings. The summed E-state index contributed by atoms with van der Waals surface area (Å²) >= 11 is 8.33. The molecule has 1 N–H and O–H groups in total. The molecule has 0 bridgehead atoms. The van der Waals surface area contributed by atoms with Gasteiger partial charge in [-0.1, -0.05) is 30.7 Å². The first-order chi connectivity index (χ1) is 9.63. The van der Waals surface area contributed by atoms with E-state index in [1.807, 2.05) is 24.3 Å². The third kappa shape index (κ3) is 3.82. The Morgan fingerprint density at radius 2 is 2.05 bits per heavy atom. The number of rotatable bonds is 5. The summed E-state index contributed by atoms with van der Waals surface area (Å²) in [4.78, 5) is 9.28. The molecule has 0 unspecified atom stereocenters. The van der Waals surface area contributed by atoms with Gasteiger partial charge in [0.25, 0.3) is 0 Å². The number of hydrogen-bond acceptors (Lipinski definition) is 3. The van der Waals surface area contributed by atoms with Crippen LogP contribution in [0.1, 0.15) is 30.9 Å². The van der Waals surface area contributed by atoms with Gasteiger partial charge in [-0.05, 0) is 53.6 Å². The molecule has 0 saturated heterocycles. The van der Waals surface area contributed by atoms with Crippen LogP contribution in [-0.2, 0) is 12.8 Å². The van der Waals surface area contributed by atoms with E-state index in [4.69, 9.17) is 11.6 Å². The molecule has 0 spiro atoms. The van der Waals surface area contributed by atoms with Crippen molar-refractivity contribution in [1.82, 2.24) is 9.97 Å². The molecule has 0 saturated carbocycles. The van der Waals surface area contributed by atoms with E-state index in [0.717, 1.165) is 44.5 Å². The Kier molecular flexibility index (Phi) is 5.60. The molecule has 0 amide bonds. The number of nitrogens with zero attached hydrogens (tertiary/aromatic N) is 2. The van der Waals surface area contributed by atoms with Gasteiger partial charge in [0.2, 0.25) is 0 Å². The van der Waals surface area contributed by atoms with E-state index in [1.54, 1.807) is 0 Å². The Hall–Kier alpha value is -0.880. The van der Waals surface area contributed by atoms with Crippen LogP contribution in [0.2, 0.25) is 5.02 Å². The van der Waals surface area contributed by atoms with Crippen molar-refractivity contribution in [1.29, 1.82) is 0 Å². The van der Waals surface area contributed by atoms with Crippen molar-refractivity contribution in [2.45, 2.75) is 26.7 Å². The summed E-state index contributed by atoms with van der Waals surface area (Å²) in [5.41, 5.74) is 2.22. The summed E-state index contributed by atoms with van der Waals surface area (Å²) in [6.45, 7) is 5.04. The van der Waals surface area contributed by atoms with E-state index in [9.17, 15) is 0 Å². The molecule has 1 aromatic carbocycles. The highest BCUT2D eigenvalue weighted by molar-refractivity contribution is 14.1. The van der Waals surface area contributed by atoms with Crippen LogP contribution < -0.4 is 5.32 Å². The van der Waals surface area contributed by atoms with Crippen molar-refractivity contribution < 1.29 is 0 Å². The number of anilines is 1. The van der Waals surface area contributed by atoms with Gasteiger partial charge in [-0.25, -0.2) is 9.97 Å². The van der Waals surface area contributed by atoms with Gasteiger partial charge in [-0.3, -0.25) is 0 Å². The fourth-order valence-electron chi connectivity index (χ4n) is 1.97. The van der Waals surface area contributed by atoms with Crippen molar-refractivity contribution >= 4 is 40.0 Å². The molecule has 0 aliphatic carbocycles. The van der Waals surface area contributed by atoms with Gasteiger partial charge in [0.1, 0.15) is 11.6 Å². The zero-order chi connectivity index (χ0) is 14.5. The minimum atomic E-state index is 0.697. The summed E-state index contributed by atoms with van der Waals surface area (Å²) in [5, 5.41) is 4.05. The molecular formula is C15H17ClIN3. The molecule has 106 valence electrons. The van der Waals surface area contributed by atoms with Crippen molar-refractivity contribution in [2.24, 2.45) is 0 Å². The van der Waals surface area contributed by atoms with E-state index in [2.05, 4.69) is 51.7 Å². The van der Waals surface area contributed by atoms with Crippen LogP contribution in [0.15, 0.2) is 24.3 Å². The van der Waals surface area contributed by atoms with E-state index < -0.39 is 0 Å². The third-order valence-corrected chi connectivity index (χ3v) is 4.27. The average molecular weight is 402 g/mol. The van der Waals surface area contributed by atoms with Gasteiger partial charge >= 0.3 is 0 Å². The average Bonchev–Trinajstić information content (AvgIpc) is 2.42. The van der Waals surface area contributed by atoms with Crippen LogP contribution in [0.4, 0.5) is 5.82 Å². The maximum absolute atomic E-state index is 6.02. The lowest BCUT2D eigenvalue weighted by Gasteiger charge is -2.11. The molecule has 2 rings (SSSR count). The Balaban J connectivity index is 2.34. The monoisotopic (exact) mass is 401 g/mol. The largest absolute Gasteiger partial charge is 0.369 e. The number of aromatic nitrogens is 2. The van der Waals surface area contributed by atoms with Crippen LogP contribution in [0.25, 0.3) is 0 Å². The number of nitrogens with one attached hydrogen (secondary N) is 1. The normalized spacial score (nSPS) is 10.6. The molecule has 0 aliphatic heterocycles. The number of halogens is 2.